The minimum Gasteiger partial charge on any atom is -0.324 e. The third-order valence-electron chi connectivity index (χ3n) is 7.55. The number of nitrogens with one attached hydrogen (secondary N) is 2. The Labute approximate surface area is 268 Å². The van der Waals surface area contributed by atoms with E-state index in [4.69, 9.17) is 29.9 Å². The van der Waals surface area contributed by atoms with E-state index in [9.17, 15) is 0 Å². The van der Waals surface area contributed by atoms with Gasteiger partial charge in [-0.3, -0.25) is 0 Å². The number of aromatic amines is 2. The van der Waals surface area contributed by atoms with Gasteiger partial charge in [0.05, 0.1) is 0 Å². The third kappa shape index (κ3) is 5.38. The van der Waals surface area contributed by atoms with Gasteiger partial charge < -0.3 is 9.97 Å². The second kappa shape index (κ2) is 13.1. The van der Waals surface area contributed by atoms with E-state index in [1.165, 1.54) is 0 Å². The van der Waals surface area contributed by atoms with Crippen LogP contribution in [0.2, 0.25) is 0 Å². The number of nitrogens with zero attached hydrogens (tertiary/aromatic N) is 6. The number of H-pyrrole nitrogens is 2. The third-order valence-corrected chi connectivity index (χ3v) is 7.55. The Balaban J connectivity index is 1.89. The Hall–Kier alpha value is -5.76. The number of rotatable bonds is 6. The molecule has 0 amide bonds. The first-order chi connectivity index (χ1) is 22.5. The highest BCUT2D eigenvalue weighted by atomic mass is 15.1. The van der Waals surface area contributed by atoms with Crippen LogP contribution in [0.25, 0.3) is 67.8 Å². The summed E-state index contributed by atoms with van der Waals surface area (Å²) in [7, 11) is 0. The molecule has 3 aromatic heterocycles. The lowest BCUT2D eigenvalue weighted by molar-refractivity contribution is 1.10. The van der Waals surface area contributed by atoms with Crippen molar-refractivity contribution in [2.75, 3.05) is 0 Å². The molecule has 2 N–H and O–H groups in total. The first-order valence-electron chi connectivity index (χ1n) is 15.5. The molecule has 1 aromatic carbocycles. The summed E-state index contributed by atoms with van der Waals surface area (Å²) in [5.74, 6) is 2.24. The lowest BCUT2D eigenvalue weighted by Crippen LogP contribution is -1.88. The van der Waals surface area contributed by atoms with Crippen molar-refractivity contribution in [3.8, 4) is 0 Å². The van der Waals surface area contributed by atoms with Crippen LogP contribution in [0.15, 0.2) is 85.0 Å². The van der Waals surface area contributed by atoms with Crippen molar-refractivity contribution in [1.29, 1.82) is 0 Å². The molecule has 0 saturated heterocycles. The molecular formula is C38H36N8. The van der Waals surface area contributed by atoms with E-state index >= 15 is 0 Å². The lowest BCUT2D eigenvalue weighted by Gasteiger charge is -1.97. The van der Waals surface area contributed by atoms with E-state index in [0.717, 1.165) is 44.2 Å². The average Bonchev–Trinajstić information content (AvgIpc) is 3.75. The number of hydrogen-bond donors (Lipinski definition) is 2. The zero-order chi connectivity index (χ0) is 32.2. The molecule has 0 atom stereocenters. The van der Waals surface area contributed by atoms with Crippen LogP contribution in [-0.4, -0.2) is 39.9 Å². The fraction of sp³-hybridized carbons (Fsp3) is 0.158. The molecule has 2 aliphatic heterocycles. The number of allylic oxidation sites excluding steroid dienone is 14. The van der Waals surface area contributed by atoms with E-state index in [0.29, 0.717) is 45.9 Å². The first-order valence-corrected chi connectivity index (χ1v) is 15.5. The van der Waals surface area contributed by atoms with Gasteiger partial charge in [0.25, 0.3) is 0 Å². The summed E-state index contributed by atoms with van der Waals surface area (Å²) in [5.41, 5.74) is 7.94. The van der Waals surface area contributed by atoms with E-state index in [1.54, 1.807) is 0 Å². The SMILES string of the molecule is C/C=C\C1=C(/C=C\C)c2nc1nc1[nH]c(nc3nc(nc4[nH]c(n2)c2ccccc42)C(/C=C\C)=C3/C=C\C)c(/C=C\C)c1/C=C\C. The molecule has 0 fully saturated rings. The van der Waals surface area contributed by atoms with E-state index in [-0.39, 0.29) is 0 Å². The monoisotopic (exact) mass is 604 g/mol. The van der Waals surface area contributed by atoms with Crippen molar-refractivity contribution in [1.82, 2.24) is 39.9 Å². The largest absolute Gasteiger partial charge is 0.324 e. The van der Waals surface area contributed by atoms with Gasteiger partial charge in [0.15, 0.2) is 23.3 Å². The Kier molecular flexibility index (Phi) is 8.61. The van der Waals surface area contributed by atoms with Crippen LogP contribution in [0.4, 0.5) is 0 Å². The summed E-state index contributed by atoms with van der Waals surface area (Å²) in [4.78, 5) is 37.5. The van der Waals surface area contributed by atoms with Crippen molar-refractivity contribution in [3.05, 3.63) is 119 Å². The Morgan fingerprint density at radius 2 is 0.696 bits per heavy atom. The Morgan fingerprint density at radius 3 is 1.02 bits per heavy atom. The molecule has 0 unspecified atom stereocenters. The second-order valence-corrected chi connectivity index (χ2v) is 10.6. The van der Waals surface area contributed by atoms with Crippen LogP contribution in [0.3, 0.4) is 0 Å². The van der Waals surface area contributed by atoms with E-state index in [1.807, 2.05) is 139 Å². The molecule has 8 heteroatoms. The quantitative estimate of drug-likeness (QED) is 0.227. The van der Waals surface area contributed by atoms with Crippen LogP contribution in [0.5, 0.6) is 0 Å². The average molecular weight is 605 g/mol. The van der Waals surface area contributed by atoms with E-state index < -0.39 is 0 Å². The lowest BCUT2D eigenvalue weighted by atomic mass is 10.1. The van der Waals surface area contributed by atoms with Gasteiger partial charge in [-0.05, 0) is 41.5 Å². The number of aromatic nitrogens is 8. The highest BCUT2D eigenvalue weighted by Crippen LogP contribution is 2.34. The molecule has 6 rings (SSSR count). The molecule has 5 heterocycles. The summed E-state index contributed by atoms with van der Waals surface area (Å²) in [6, 6.07) is 8.08. The molecule has 4 aromatic rings. The van der Waals surface area contributed by atoms with Gasteiger partial charge in [0.1, 0.15) is 22.6 Å². The minimum absolute atomic E-state index is 0.557. The summed E-state index contributed by atoms with van der Waals surface area (Å²) in [6.07, 6.45) is 24.2. The van der Waals surface area contributed by atoms with Gasteiger partial charge in [-0.15, -0.1) is 0 Å². The summed E-state index contributed by atoms with van der Waals surface area (Å²) in [6.45, 7) is 11.9. The maximum absolute atomic E-state index is 5.13. The minimum atomic E-state index is 0.557. The highest BCUT2D eigenvalue weighted by molar-refractivity contribution is 6.06. The number of hydrogen-bond acceptors (Lipinski definition) is 6. The van der Waals surface area contributed by atoms with Crippen LogP contribution >= 0.6 is 0 Å². The molecule has 8 bridgehead atoms. The molecule has 0 spiro atoms. The fourth-order valence-electron chi connectivity index (χ4n) is 5.68. The van der Waals surface area contributed by atoms with Crippen LogP contribution in [-0.2, 0) is 0 Å². The predicted octanol–water partition coefficient (Wildman–Crippen LogP) is 9.24. The van der Waals surface area contributed by atoms with Gasteiger partial charge in [-0.1, -0.05) is 97.2 Å². The zero-order valence-corrected chi connectivity index (χ0v) is 26.9. The normalized spacial score (nSPS) is 14.5. The standard InChI is InChI=1S/C38H36N8/c1-7-15-23-24(16-8-2)32-39-31(23)40-33-25(17-9-3)27(19-11-5)35(42-33)44-37-29-21-13-14-22-30(29)38(46-37)45-36-28(20-12-6)26(18-10-4)34(41-32)43-36/h7-22H,1-6H3,(H2,39,40,41,42,43,44,45,46)/b15-7-,16-8-,17-9-,18-10-,19-11-,20-12-. The van der Waals surface area contributed by atoms with Crippen LogP contribution in [0.1, 0.15) is 76.0 Å². The topological polar surface area (TPSA) is 109 Å². The second-order valence-electron chi connectivity index (χ2n) is 10.6. The molecule has 0 aliphatic carbocycles. The molecule has 228 valence electrons. The van der Waals surface area contributed by atoms with Gasteiger partial charge in [-0.25, -0.2) is 29.9 Å². The van der Waals surface area contributed by atoms with Gasteiger partial charge in [0.2, 0.25) is 0 Å². The van der Waals surface area contributed by atoms with Crippen molar-refractivity contribution in [2.45, 2.75) is 41.5 Å². The molecule has 0 saturated carbocycles. The number of fused-ring (bicyclic) bond motifs is 11. The summed E-state index contributed by atoms with van der Waals surface area (Å²) < 4.78 is 0. The Bertz CT molecular complexity index is 2110. The van der Waals surface area contributed by atoms with Gasteiger partial charge >= 0.3 is 0 Å². The van der Waals surface area contributed by atoms with E-state index in [2.05, 4.69) is 9.97 Å². The summed E-state index contributed by atoms with van der Waals surface area (Å²) >= 11 is 0. The molecule has 2 aliphatic rings. The van der Waals surface area contributed by atoms with Crippen molar-refractivity contribution in [3.63, 3.8) is 0 Å². The van der Waals surface area contributed by atoms with Crippen molar-refractivity contribution >= 4 is 67.8 Å². The molecular weight excluding hydrogens is 568 g/mol. The maximum Gasteiger partial charge on any atom is 0.164 e. The Morgan fingerprint density at radius 1 is 0.391 bits per heavy atom. The predicted molar refractivity (Wildman–Crippen MR) is 192 cm³/mol. The molecule has 46 heavy (non-hydrogen) atoms. The summed E-state index contributed by atoms with van der Waals surface area (Å²) in [5, 5.41) is 1.87. The molecule has 8 nitrogen and oxygen atoms in total. The van der Waals surface area contributed by atoms with Crippen molar-refractivity contribution < 1.29 is 0 Å². The van der Waals surface area contributed by atoms with Crippen LogP contribution in [0, 0.1) is 0 Å². The van der Waals surface area contributed by atoms with Gasteiger partial charge in [-0.2, -0.15) is 0 Å². The van der Waals surface area contributed by atoms with Crippen molar-refractivity contribution in [2.24, 2.45) is 0 Å². The smallest absolute Gasteiger partial charge is 0.164 e. The maximum atomic E-state index is 5.13. The number of benzene rings is 1. The van der Waals surface area contributed by atoms with Crippen LogP contribution < -0.4 is 0 Å². The molecule has 0 radical (unpaired) electrons. The highest BCUT2D eigenvalue weighted by Gasteiger charge is 2.22. The zero-order valence-electron chi connectivity index (χ0n) is 26.9. The van der Waals surface area contributed by atoms with Gasteiger partial charge in [0, 0.05) is 44.2 Å². The first kappa shape index (κ1) is 30.3. The fourth-order valence-corrected chi connectivity index (χ4v) is 5.68.